The molecule has 0 aromatic heterocycles. The van der Waals surface area contributed by atoms with Gasteiger partial charge in [-0.25, -0.2) is 0 Å². The second-order valence-corrected chi connectivity index (χ2v) is 6.00. The third-order valence-electron chi connectivity index (χ3n) is 3.63. The summed E-state index contributed by atoms with van der Waals surface area (Å²) in [7, 11) is 0. The van der Waals surface area contributed by atoms with Crippen molar-refractivity contribution in [3.05, 3.63) is 0 Å². The van der Waals surface area contributed by atoms with Crippen LogP contribution in [-0.2, 0) is 0 Å². The summed E-state index contributed by atoms with van der Waals surface area (Å²) in [6.07, 6.45) is 5.50. The summed E-state index contributed by atoms with van der Waals surface area (Å²) in [5.74, 6) is 2.76. The van der Waals surface area contributed by atoms with Crippen molar-refractivity contribution < 1.29 is 0 Å². The molecule has 0 aromatic rings. The highest BCUT2D eigenvalue weighted by molar-refractivity contribution is 7.99. The Morgan fingerprint density at radius 3 is 2.87 bits per heavy atom. The Kier molecular flexibility index (Phi) is 4.79. The third kappa shape index (κ3) is 3.36. The van der Waals surface area contributed by atoms with Gasteiger partial charge in [0.15, 0.2) is 0 Å². The summed E-state index contributed by atoms with van der Waals surface area (Å²) >= 11 is 2.13. The standard InChI is InChI=1S/C12H24N2S/c1-2-3-11-10-14(7-6-13-11)12-4-8-15-9-5-12/h11-13H,2-10H2,1H3. The van der Waals surface area contributed by atoms with E-state index in [2.05, 4.69) is 28.9 Å². The molecule has 0 amide bonds. The Morgan fingerprint density at radius 1 is 1.33 bits per heavy atom. The first-order valence-electron chi connectivity index (χ1n) is 6.45. The van der Waals surface area contributed by atoms with Crippen molar-refractivity contribution in [2.45, 2.75) is 44.7 Å². The molecule has 2 nitrogen and oxygen atoms in total. The fourth-order valence-corrected chi connectivity index (χ4v) is 3.86. The summed E-state index contributed by atoms with van der Waals surface area (Å²) < 4.78 is 0. The van der Waals surface area contributed by atoms with E-state index in [0.717, 1.165) is 12.1 Å². The van der Waals surface area contributed by atoms with Gasteiger partial charge in [0.1, 0.15) is 0 Å². The van der Waals surface area contributed by atoms with Gasteiger partial charge in [-0.2, -0.15) is 11.8 Å². The van der Waals surface area contributed by atoms with E-state index in [0.29, 0.717) is 0 Å². The molecule has 3 heteroatoms. The molecule has 15 heavy (non-hydrogen) atoms. The molecule has 88 valence electrons. The number of nitrogens with zero attached hydrogens (tertiary/aromatic N) is 1. The Hall–Kier alpha value is 0.270. The van der Waals surface area contributed by atoms with E-state index >= 15 is 0 Å². The average Bonchev–Trinajstić information content (AvgIpc) is 2.31. The SMILES string of the molecule is CCCC1CN(C2CCSCC2)CCN1. The Balaban J connectivity index is 1.80. The van der Waals surface area contributed by atoms with Crippen LogP contribution in [0.15, 0.2) is 0 Å². The maximum atomic E-state index is 3.64. The minimum atomic E-state index is 0.762. The first-order chi connectivity index (χ1) is 7.40. The zero-order valence-corrected chi connectivity index (χ0v) is 10.7. The molecule has 1 N–H and O–H groups in total. The first kappa shape index (κ1) is 11.7. The molecule has 2 aliphatic heterocycles. The molecule has 2 rings (SSSR count). The molecule has 0 radical (unpaired) electrons. The van der Waals surface area contributed by atoms with Crippen LogP contribution in [0.3, 0.4) is 0 Å². The molecular formula is C12H24N2S. The van der Waals surface area contributed by atoms with Crippen molar-refractivity contribution in [3.8, 4) is 0 Å². The number of hydrogen-bond acceptors (Lipinski definition) is 3. The van der Waals surface area contributed by atoms with Crippen LogP contribution < -0.4 is 5.32 Å². The third-order valence-corrected chi connectivity index (χ3v) is 4.68. The maximum Gasteiger partial charge on any atom is 0.0195 e. The van der Waals surface area contributed by atoms with Gasteiger partial charge < -0.3 is 5.32 Å². The molecule has 0 spiro atoms. The molecule has 0 aromatic carbocycles. The van der Waals surface area contributed by atoms with Gasteiger partial charge in [-0.3, -0.25) is 4.90 Å². The Bertz CT molecular complexity index is 178. The predicted octanol–water partition coefficient (Wildman–Crippen LogP) is 1.96. The molecule has 2 aliphatic rings. The average molecular weight is 228 g/mol. The van der Waals surface area contributed by atoms with Gasteiger partial charge in [0.05, 0.1) is 0 Å². The minimum absolute atomic E-state index is 0.762. The summed E-state index contributed by atoms with van der Waals surface area (Å²) in [5, 5.41) is 3.64. The molecule has 1 unspecified atom stereocenters. The predicted molar refractivity (Wildman–Crippen MR) is 68.6 cm³/mol. The van der Waals surface area contributed by atoms with Gasteiger partial charge in [-0.15, -0.1) is 0 Å². The second-order valence-electron chi connectivity index (χ2n) is 4.78. The van der Waals surface area contributed by atoms with Crippen LogP contribution in [-0.4, -0.2) is 48.1 Å². The summed E-state index contributed by atoms with van der Waals surface area (Å²) in [4.78, 5) is 2.75. The van der Waals surface area contributed by atoms with Crippen molar-refractivity contribution in [1.29, 1.82) is 0 Å². The smallest absolute Gasteiger partial charge is 0.0195 e. The molecule has 2 heterocycles. The molecule has 0 saturated carbocycles. The van der Waals surface area contributed by atoms with E-state index < -0.39 is 0 Å². The molecule has 0 aliphatic carbocycles. The molecular weight excluding hydrogens is 204 g/mol. The Labute approximate surface area is 98.2 Å². The number of thioether (sulfide) groups is 1. The van der Waals surface area contributed by atoms with Crippen LogP contribution in [0, 0.1) is 0 Å². The van der Waals surface area contributed by atoms with E-state index in [1.165, 1.54) is 56.8 Å². The van der Waals surface area contributed by atoms with E-state index in [4.69, 9.17) is 0 Å². The van der Waals surface area contributed by atoms with E-state index in [1.807, 2.05) is 0 Å². The normalized spacial score (nSPS) is 30.6. The highest BCUT2D eigenvalue weighted by Crippen LogP contribution is 2.22. The number of hydrogen-bond donors (Lipinski definition) is 1. The lowest BCUT2D eigenvalue weighted by Crippen LogP contribution is -2.54. The van der Waals surface area contributed by atoms with Crippen LogP contribution in [0.2, 0.25) is 0 Å². The van der Waals surface area contributed by atoms with E-state index in [1.54, 1.807) is 0 Å². The number of piperazine rings is 1. The van der Waals surface area contributed by atoms with E-state index in [9.17, 15) is 0 Å². The van der Waals surface area contributed by atoms with Crippen LogP contribution in [0.25, 0.3) is 0 Å². The van der Waals surface area contributed by atoms with Crippen LogP contribution >= 0.6 is 11.8 Å². The molecule has 0 bridgehead atoms. The van der Waals surface area contributed by atoms with Gasteiger partial charge in [-0.05, 0) is 30.8 Å². The van der Waals surface area contributed by atoms with Gasteiger partial charge in [-0.1, -0.05) is 13.3 Å². The number of rotatable bonds is 3. The highest BCUT2D eigenvalue weighted by atomic mass is 32.2. The van der Waals surface area contributed by atoms with Crippen molar-refractivity contribution in [2.75, 3.05) is 31.1 Å². The zero-order valence-electron chi connectivity index (χ0n) is 9.87. The number of nitrogens with one attached hydrogen (secondary N) is 1. The lowest BCUT2D eigenvalue weighted by atomic mass is 10.0. The van der Waals surface area contributed by atoms with Crippen LogP contribution in [0.5, 0.6) is 0 Å². The Morgan fingerprint density at radius 2 is 2.13 bits per heavy atom. The minimum Gasteiger partial charge on any atom is -0.311 e. The van der Waals surface area contributed by atoms with Crippen molar-refractivity contribution in [2.24, 2.45) is 0 Å². The van der Waals surface area contributed by atoms with Gasteiger partial charge in [0.25, 0.3) is 0 Å². The highest BCUT2D eigenvalue weighted by Gasteiger charge is 2.26. The summed E-state index contributed by atoms with van der Waals surface area (Å²) in [6.45, 7) is 6.06. The molecule has 2 fully saturated rings. The second kappa shape index (κ2) is 6.12. The lowest BCUT2D eigenvalue weighted by molar-refractivity contribution is 0.132. The molecule has 2 saturated heterocycles. The van der Waals surface area contributed by atoms with Crippen molar-refractivity contribution >= 4 is 11.8 Å². The largest absolute Gasteiger partial charge is 0.311 e. The van der Waals surface area contributed by atoms with Crippen LogP contribution in [0.1, 0.15) is 32.6 Å². The summed E-state index contributed by atoms with van der Waals surface area (Å²) in [6, 6.07) is 1.66. The van der Waals surface area contributed by atoms with Crippen LogP contribution in [0.4, 0.5) is 0 Å². The monoisotopic (exact) mass is 228 g/mol. The fourth-order valence-electron chi connectivity index (χ4n) is 2.77. The van der Waals surface area contributed by atoms with Crippen molar-refractivity contribution in [3.63, 3.8) is 0 Å². The quantitative estimate of drug-likeness (QED) is 0.795. The van der Waals surface area contributed by atoms with Crippen molar-refractivity contribution in [1.82, 2.24) is 10.2 Å². The van der Waals surface area contributed by atoms with Gasteiger partial charge in [0.2, 0.25) is 0 Å². The zero-order chi connectivity index (χ0) is 10.5. The van der Waals surface area contributed by atoms with Gasteiger partial charge >= 0.3 is 0 Å². The maximum absolute atomic E-state index is 3.64. The first-order valence-corrected chi connectivity index (χ1v) is 7.61. The molecule has 1 atom stereocenters. The lowest BCUT2D eigenvalue weighted by Gasteiger charge is -2.40. The fraction of sp³-hybridized carbons (Fsp3) is 1.00. The summed E-state index contributed by atoms with van der Waals surface area (Å²) in [5.41, 5.74) is 0. The van der Waals surface area contributed by atoms with Gasteiger partial charge in [0, 0.05) is 31.7 Å². The van der Waals surface area contributed by atoms with E-state index in [-0.39, 0.29) is 0 Å². The topological polar surface area (TPSA) is 15.3 Å².